The number of nitrogens with zero attached hydrogens (tertiary/aromatic N) is 1. The second kappa shape index (κ2) is 13.7. The first-order valence-corrected chi connectivity index (χ1v) is 19.2. The minimum atomic E-state index is 1.12. The molecule has 0 aliphatic rings. The van der Waals surface area contributed by atoms with Crippen LogP contribution in [0.1, 0.15) is 0 Å². The number of hydrogen-bond donors (Lipinski definition) is 0. The number of benzene rings is 9. The number of anilines is 3. The van der Waals surface area contributed by atoms with Crippen molar-refractivity contribution in [2.75, 3.05) is 4.90 Å². The van der Waals surface area contributed by atoms with E-state index in [4.69, 9.17) is 0 Å². The SMILES string of the molecule is c1ccc(-c2ccc(-c3ccc(N(c4ccc(-c5ccccc5)cc4)c4ccc5c(c4)sc4c6ccccc6c(-c6ccccc6)cc54)cc3)cc2)cc1. The molecule has 0 fully saturated rings. The lowest BCUT2D eigenvalue weighted by atomic mass is 9.95. The molecule has 0 saturated carbocycles. The Morgan fingerprint density at radius 2 is 0.685 bits per heavy atom. The Balaban J connectivity index is 1.07. The summed E-state index contributed by atoms with van der Waals surface area (Å²) >= 11 is 1.89. The average Bonchev–Trinajstić information content (AvgIpc) is 3.63. The first kappa shape index (κ1) is 32.0. The summed E-state index contributed by atoms with van der Waals surface area (Å²) in [7, 11) is 0. The van der Waals surface area contributed by atoms with Gasteiger partial charge >= 0.3 is 0 Å². The van der Waals surface area contributed by atoms with Crippen LogP contribution in [0.4, 0.5) is 17.1 Å². The third-order valence-corrected chi connectivity index (χ3v) is 11.7. The Bertz CT molecular complexity index is 2880. The summed E-state index contributed by atoms with van der Waals surface area (Å²) in [5.74, 6) is 0. The fraction of sp³-hybridized carbons (Fsp3) is 0. The first-order valence-electron chi connectivity index (χ1n) is 18.4. The highest BCUT2D eigenvalue weighted by Crippen LogP contribution is 2.45. The minimum absolute atomic E-state index is 1.12. The lowest BCUT2D eigenvalue weighted by Gasteiger charge is -2.26. The number of thiophene rings is 1. The number of rotatable bonds is 7. The van der Waals surface area contributed by atoms with Crippen LogP contribution < -0.4 is 4.90 Å². The van der Waals surface area contributed by atoms with Crippen LogP contribution >= 0.6 is 11.3 Å². The van der Waals surface area contributed by atoms with Crippen LogP contribution in [0.3, 0.4) is 0 Å². The van der Waals surface area contributed by atoms with Crippen molar-refractivity contribution >= 4 is 59.3 Å². The van der Waals surface area contributed by atoms with Crippen molar-refractivity contribution in [2.24, 2.45) is 0 Å². The maximum atomic E-state index is 2.40. The molecule has 0 atom stereocenters. The van der Waals surface area contributed by atoms with E-state index >= 15 is 0 Å². The Kier molecular flexibility index (Phi) is 8.09. The highest BCUT2D eigenvalue weighted by Gasteiger charge is 2.18. The van der Waals surface area contributed by atoms with Crippen LogP contribution in [0.15, 0.2) is 212 Å². The molecule has 0 aliphatic heterocycles. The predicted molar refractivity (Wildman–Crippen MR) is 233 cm³/mol. The normalized spacial score (nSPS) is 11.3. The van der Waals surface area contributed by atoms with Gasteiger partial charge in [0.15, 0.2) is 0 Å². The molecule has 0 unspecified atom stereocenters. The van der Waals surface area contributed by atoms with Gasteiger partial charge in [0.1, 0.15) is 0 Å². The molecule has 54 heavy (non-hydrogen) atoms. The van der Waals surface area contributed by atoms with Crippen LogP contribution in [0.25, 0.3) is 75.5 Å². The van der Waals surface area contributed by atoms with E-state index < -0.39 is 0 Å². The van der Waals surface area contributed by atoms with Crippen LogP contribution in [0, 0.1) is 0 Å². The minimum Gasteiger partial charge on any atom is -0.310 e. The molecule has 0 radical (unpaired) electrons. The maximum absolute atomic E-state index is 2.40. The molecular formula is C52H35NS. The molecule has 0 N–H and O–H groups in total. The average molecular weight is 706 g/mol. The summed E-state index contributed by atoms with van der Waals surface area (Å²) in [4.78, 5) is 2.38. The summed E-state index contributed by atoms with van der Waals surface area (Å²) in [6.45, 7) is 0. The maximum Gasteiger partial charge on any atom is 0.0476 e. The van der Waals surface area contributed by atoms with E-state index in [2.05, 4.69) is 217 Å². The van der Waals surface area contributed by atoms with Crippen molar-refractivity contribution in [1.29, 1.82) is 0 Å². The van der Waals surface area contributed by atoms with Gasteiger partial charge in [-0.1, -0.05) is 170 Å². The molecule has 10 aromatic rings. The molecule has 0 saturated heterocycles. The molecular weight excluding hydrogens is 671 g/mol. The van der Waals surface area contributed by atoms with Gasteiger partial charge in [0.2, 0.25) is 0 Å². The lowest BCUT2D eigenvalue weighted by molar-refractivity contribution is 1.29. The van der Waals surface area contributed by atoms with Gasteiger partial charge in [-0.05, 0) is 92.4 Å². The zero-order valence-electron chi connectivity index (χ0n) is 29.6. The Morgan fingerprint density at radius 3 is 1.20 bits per heavy atom. The molecule has 1 heterocycles. The summed E-state index contributed by atoms with van der Waals surface area (Å²) in [5.41, 5.74) is 13.2. The van der Waals surface area contributed by atoms with Gasteiger partial charge < -0.3 is 4.90 Å². The van der Waals surface area contributed by atoms with Crippen molar-refractivity contribution in [3.05, 3.63) is 212 Å². The second-order valence-corrected chi connectivity index (χ2v) is 14.8. The summed E-state index contributed by atoms with van der Waals surface area (Å²) in [6.07, 6.45) is 0. The zero-order valence-corrected chi connectivity index (χ0v) is 30.4. The topological polar surface area (TPSA) is 3.24 Å². The quantitative estimate of drug-likeness (QED) is 0.160. The fourth-order valence-corrected chi connectivity index (χ4v) is 9.01. The van der Waals surface area contributed by atoms with E-state index in [0.717, 1.165) is 17.1 Å². The number of hydrogen-bond acceptors (Lipinski definition) is 2. The van der Waals surface area contributed by atoms with Gasteiger partial charge in [0.25, 0.3) is 0 Å². The van der Waals surface area contributed by atoms with E-state index in [-0.39, 0.29) is 0 Å². The molecule has 0 aliphatic carbocycles. The van der Waals surface area contributed by atoms with Gasteiger partial charge in [-0.2, -0.15) is 0 Å². The van der Waals surface area contributed by atoms with E-state index in [1.165, 1.54) is 75.5 Å². The van der Waals surface area contributed by atoms with Crippen molar-refractivity contribution < 1.29 is 0 Å². The number of fused-ring (bicyclic) bond motifs is 5. The molecule has 0 bridgehead atoms. The molecule has 2 heteroatoms. The lowest BCUT2D eigenvalue weighted by Crippen LogP contribution is -2.09. The van der Waals surface area contributed by atoms with Gasteiger partial charge in [0.05, 0.1) is 0 Å². The molecule has 0 amide bonds. The van der Waals surface area contributed by atoms with Crippen molar-refractivity contribution in [1.82, 2.24) is 0 Å². The van der Waals surface area contributed by atoms with Crippen molar-refractivity contribution in [3.8, 4) is 44.5 Å². The largest absolute Gasteiger partial charge is 0.310 e. The van der Waals surface area contributed by atoms with E-state index in [1.807, 2.05) is 11.3 Å². The molecule has 9 aromatic carbocycles. The van der Waals surface area contributed by atoms with Crippen molar-refractivity contribution in [3.63, 3.8) is 0 Å². The summed E-state index contributed by atoms with van der Waals surface area (Å²) in [6, 6.07) is 76.9. The van der Waals surface area contributed by atoms with Gasteiger partial charge in [-0.25, -0.2) is 0 Å². The molecule has 0 spiro atoms. The Labute approximate surface area is 319 Å². The third kappa shape index (κ3) is 5.84. The van der Waals surface area contributed by atoms with Gasteiger partial charge in [0, 0.05) is 42.6 Å². The predicted octanol–water partition coefficient (Wildman–Crippen LogP) is 15.3. The molecule has 1 aromatic heterocycles. The van der Waals surface area contributed by atoms with E-state index in [1.54, 1.807) is 0 Å². The monoisotopic (exact) mass is 705 g/mol. The molecule has 1 nitrogen and oxygen atoms in total. The standard InChI is InChI=1S/C52H35NS/c1-4-12-36(13-5-1)38-20-22-39(23-21-38)41-26-30-44(31-27-41)53(43-28-24-40(25-29-43)37-14-6-2-7-15-37)45-32-33-47-50-35-49(42-16-8-3-9-17-42)46-18-10-11-19-48(46)52(50)54-51(47)34-45/h1-35H. The second-order valence-electron chi connectivity index (χ2n) is 13.7. The van der Waals surface area contributed by atoms with Crippen LogP contribution in [-0.4, -0.2) is 0 Å². The van der Waals surface area contributed by atoms with Crippen LogP contribution in [0.2, 0.25) is 0 Å². The Hall–Kier alpha value is -6.74. The Morgan fingerprint density at radius 1 is 0.278 bits per heavy atom. The first-order chi connectivity index (χ1) is 26.8. The molecule has 10 rings (SSSR count). The van der Waals surface area contributed by atoms with Gasteiger partial charge in [-0.15, -0.1) is 11.3 Å². The van der Waals surface area contributed by atoms with E-state index in [0.29, 0.717) is 0 Å². The van der Waals surface area contributed by atoms with Crippen LogP contribution in [-0.2, 0) is 0 Å². The highest BCUT2D eigenvalue weighted by atomic mass is 32.1. The summed E-state index contributed by atoms with van der Waals surface area (Å²) in [5, 5.41) is 5.19. The highest BCUT2D eigenvalue weighted by molar-refractivity contribution is 7.26. The zero-order chi connectivity index (χ0) is 35.8. The fourth-order valence-electron chi connectivity index (χ4n) is 7.75. The summed E-state index contributed by atoms with van der Waals surface area (Å²) < 4.78 is 2.61. The smallest absolute Gasteiger partial charge is 0.0476 e. The third-order valence-electron chi connectivity index (χ3n) is 10.5. The van der Waals surface area contributed by atoms with E-state index in [9.17, 15) is 0 Å². The van der Waals surface area contributed by atoms with Crippen molar-refractivity contribution in [2.45, 2.75) is 0 Å². The van der Waals surface area contributed by atoms with Gasteiger partial charge in [-0.3, -0.25) is 0 Å². The molecule has 254 valence electrons. The van der Waals surface area contributed by atoms with Crippen LogP contribution in [0.5, 0.6) is 0 Å².